The predicted octanol–water partition coefficient (Wildman–Crippen LogP) is 5.19. The second-order valence-corrected chi connectivity index (χ2v) is 15.2. The van der Waals surface area contributed by atoms with Gasteiger partial charge in [-0.05, 0) is 98.3 Å². The van der Waals surface area contributed by atoms with Crippen molar-refractivity contribution in [3.63, 3.8) is 0 Å². The van der Waals surface area contributed by atoms with E-state index in [-0.39, 0.29) is 48.4 Å². The molecule has 6 rings (SSSR count). The Kier molecular flexibility index (Phi) is 8.81. The van der Waals surface area contributed by atoms with Gasteiger partial charge in [0.1, 0.15) is 6.17 Å². The zero-order valence-corrected chi connectivity index (χ0v) is 28.4. The maximum atomic E-state index is 17.5. The zero-order valence-electron chi connectivity index (χ0n) is 28.4. The van der Waals surface area contributed by atoms with E-state index in [4.69, 9.17) is 5.73 Å². The number of nitrogens with one attached hydrogen (secondary N) is 2. The lowest BCUT2D eigenvalue weighted by atomic mass is 9.43. The molecule has 8 nitrogen and oxygen atoms in total. The molecule has 0 radical (unpaired) electrons. The van der Waals surface area contributed by atoms with Crippen LogP contribution in [-0.2, 0) is 20.8 Å². The Morgan fingerprint density at radius 1 is 1.06 bits per heavy atom. The average Bonchev–Trinajstić information content (AvgIpc) is 3.32. The van der Waals surface area contributed by atoms with E-state index in [1.165, 1.54) is 25.2 Å². The van der Waals surface area contributed by atoms with Crippen molar-refractivity contribution >= 4 is 29.1 Å². The highest BCUT2D eigenvalue weighted by Gasteiger charge is 2.74. The first-order valence-electron chi connectivity index (χ1n) is 17.1. The minimum atomic E-state index is -2.17. The summed E-state index contributed by atoms with van der Waals surface area (Å²) in [5.74, 6) is -2.39. The van der Waals surface area contributed by atoms with Gasteiger partial charge >= 0.3 is 0 Å². The maximum absolute atomic E-state index is 17.5. The quantitative estimate of drug-likeness (QED) is 0.285. The Labute approximate surface area is 285 Å². The number of fused-ring (bicyclic) bond motifs is 5. The molecule has 2 aromatic carbocycles. The fraction of sp³-hybridized carbons (Fsp3) is 0.487. The number of aliphatic hydroxyl groups excluding tert-OH is 1. The minimum absolute atomic E-state index is 0.0536. The molecule has 0 saturated heterocycles. The highest BCUT2D eigenvalue weighted by Crippen LogP contribution is 2.72. The topological polar surface area (TPSA) is 139 Å². The van der Waals surface area contributed by atoms with Crippen LogP contribution in [0.2, 0.25) is 0 Å². The zero-order chi connectivity index (χ0) is 35.5. The molecule has 3 fully saturated rings. The largest absolute Gasteiger partial charge is 0.390 e. The molecule has 9 atom stereocenters. The fourth-order valence-corrected chi connectivity index (χ4v) is 9.44. The Balaban J connectivity index is 1.17. The molecule has 2 amide bonds. The van der Waals surface area contributed by atoms with Gasteiger partial charge in [0.25, 0.3) is 0 Å². The Bertz CT molecular complexity index is 1760. The van der Waals surface area contributed by atoms with Gasteiger partial charge < -0.3 is 21.5 Å². The molecule has 10 heteroatoms. The molecule has 0 bridgehead atoms. The van der Waals surface area contributed by atoms with E-state index in [9.17, 15) is 24.3 Å². The molecule has 2 aromatic rings. The third-order valence-corrected chi connectivity index (χ3v) is 12.4. The highest BCUT2D eigenvalue weighted by molar-refractivity contribution is 6.02. The van der Waals surface area contributed by atoms with Gasteiger partial charge in [0, 0.05) is 28.0 Å². The van der Waals surface area contributed by atoms with Crippen molar-refractivity contribution in [1.29, 1.82) is 0 Å². The second kappa shape index (κ2) is 12.4. The van der Waals surface area contributed by atoms with Crippen LogP contribution in [-0.4, -0.2) is 59.0 Å². The summed E-state index contributed by atoms with van der Waals surface area (Å²) in [5, 5.41) is 16.9. The van der Waals surface area contributed by atoms with Gasteiger partial charge in [0.2, 0.25) is 11.8 Å². The molecule has 3 saturated carbocycles. The SMILES string of the molecule is CC(N)C(=O)NCC(=O)Nc1cccc(Cc2ccc(C(=O)C3(C)CCC4C5C[C@H](F)C6=CC(=O)C=CC6(C)[C@@]5(F)[C@@H](O)CC43C)cc2)c1. The number of halogens is 2. The number of amides is 2. The van der Waals surface area contributed by atoms with Gasteiger partial charge in [-0.2, -0.15) is 0 Å². The monoisotopic (exact) mass is 673 g/mol. The maximum Gasteiger partial charge on any atom is 0.243 e. The summed E-state index contributed by atoms with van der Waals surface area (Å²) in [6.07, 6.45) is 2.44. The molecule has 0 spiro atoms. The van der Waals surface area contributed by atoms with E-state index in [0.717, 1.165) is 11.1 Å². The van der Waals surface area contributed by atoms with Crippen LogP contribution in [0.5, 0.6) is 0 Å². The number of hydrogen-bond donors (Lipinski definition) is 4. The van der Waals surface area contributed by atoms with Gasteiger partial charge in [-0.25, -0.2) is 8.78 Å². The van der Waals surface area contributed by atoms with Crippen LogP contribution in [0.25, 0.3) is 0 Å². The van der Waals surface area contributed by atoms with Crippen LogP contribution < -0.4 is 16.4 Å². The van der Waals surface area contributed by atoms with Crippen LogP contribution in [0, 0.1) is 28.1 Å². The first-order chi connectivity index (χ1) is 23.0. The van der Waals surface area contributed by atoms with Gasteiger partial charge in [-0.3, -0.25) is 19.2 Å². The minimum Gasteiger partial charge on any atom is -0.390 e. The summed E-state index contributed by atoms with van der Waals surface area (Å²) in [4.78, 5) is 50.4. The Hall–Kier alpha value is -4.02. The van der Waals surface area contributed by atoms with Crippen molar-refractivity contribution in [2.45, 2.75) is 83.8 Å². The van der Waals surface area contributed by atoms with Crippen molar-refractivity contribution in [3.8, 4) is 0 Å². The molecular weight excluding hydrogens is 628 g/mol. The molecule has 5 N–H and O–H groups in total. The van der Waals surface area contributed by atoms with E-state index < -0.39 is 52.1 Å². The molecule has 4 aliphatic rings. The van der Waals surface area contributed by atoms with E-state index in [1.807, 2.05) is 44.2 Å². The number of carbonyl (C=O) groups is 4. The molecule has 0 heterocycles. The molecule has 4 aliphatic carbocycles. The van der Waals surface area contributed by atoms with Crippen LogP contribution in [0.15, 0.2) is 72.3 Å². The standard InChI is InChI=1S/C39H45F2N3O5/c1-22(42)35(49)43-21-33(47)44-26-7-5-6-24(17-26)16-23-8-10-25(11-9-23)34(48)37(3)15-13-28-29-19-31(40)30-18-27(45)12-14-36(30,2)39(29,41)32(46)20-38(28,37)4/h5-12,14,17-18,22,28-29,31-32,46H,13,15-16,19-21,42H2,1-4H3,(H,43,49)(H,44,47)/t22?,28?,29?,31-,32-,36?,37?,38?,39-/m0/s1. The number of allylic oxidation sites excluding steroid dienone is 4. The Morgan fingerprint density at radius 3 is 2.47 bits per heavy atom. The van der Waals surface area contributed by atoms with Crippen molar-refractivity contribution in [1.82, 2.24) is 5.32 Å². The smallest absolute Gasteiger partial charge is 0.243 e. The third kappa shape index (κ3) is 5.57. The lowest BCUT2D eigenvalue weighted by molar-refractivity contribution is -0.205. The summed E-state index contributed by atoms with van der Waals surface area (Å²) in [6, 6.07) is 14.0. The summed E-state index contributed by atoms with van der Waals surface area (Å²) in [5.41, 5.74) is 3.30. The first-order valence-corrected chi connectivity index (χ1v) is 17.1. The van der Waals surface area contributed by atoms with Crippen molar-refractivity contribution in [2.24, 2.45) is 33.8 Å². The third-order valence-electron chi connectivity index (χ3n) is 12.4. The number of benzene rings is 2. The normalized spacial score (nSPS) is 35.3. The van der Waals surface area contributed by atoms with Gasteiger partial charge in [-0.1, -0.05) is 56.3 Å². The van der Waals surface area contributed by atoms with E-state index >= 15 is 8.78 Å². The van der Waals surface area contributed by atoms with E-state index in [0.29, 0.717) is 30.5 Å². The number of Topliss-reactive ketones (excluding diaryl/α,β-unsaturated/α-hetero) is 1. The predicted molar refractivity (Wildman–Crippen MR) is 182 cm³/mol. The molecule has 260 valence electrons. The van der Waals surface area contributed by atoms with Gasteiger partial charge in [0.15, 0.2) is 17.2 Å². The second-order valence-electron chi connectivity index (χ2n) is 15.2. The lowest BCUT2D eigenvalue weighted by Crippen LogP contribution is -2.69. The molecular formula is C39H45F2N3O5. The van der Waals surface area contributed by atoms with Crippen LogP contribution in [0.4, 0.5) is 14.5 Å². The van der Waals surface area contributed by atoms with Crippen LogP contribution in [0.1, 0.15) is 74.9 Å². The van der Waals surface area contributed by atoms with Crippen LogP contribution >= 0.6 is 0 Å². The highest BCUT2D eigenvalue weighted by atomic mass is 19.1. The summed E-state index contributed by atoms with van der Waals surface area (Å²) in [7, 11) is 0. The lowest BCUT2D eigenvalue weighted by Gasteiger charge is -2.63. The van der Waals surface area contributed by atoms with Gasteiger partial charge in [-0.15, -0.1) is 0 Å². The molecule has 0 aromatic heterocycles. The van der Waals surface area contributed by atoms with Crippen molar-refractivity contribution < 1.29 is 33.1 Å². The molecule has 49 heavy (non-hydrogen) atoms. The number of rotatable bonds is 8. The van der Waals surface area contributed by atoms with Crippen molar-refractivity contribution in [2.75, 3.05) is 11.9 Å². The number of carbonyl (C=O) groups excluding carboxylic acids is 4. The average molecular weight is 674 g/mol. The number of anilines is 1. The van der Waals surface area contributed by atoms with E-state index in [1.54, 1.807) is 25.1 Å². The fourth-order valence-electron chi connectivity index (χ4n) is 9.44. The van der Waals surface area contributed by atoms with E-state index in [2.05, 4.69) is 10.6 Å². The summed E-state index contributed by atoms with van der Waals surface area (Å²) < 4.78 is 33.2. The summed E-state index contributed by atoms with van der Waals surface area (Å²) in [6.45, 7) is 6.80. The van der Waals surface area contributed by atoms with Crippen molar-refractivity contribution in [3.05, 3.63) is 89.0 Å². The summed E-state index contributed by atoms with van der Waals surface area (Å²) >= 11 is 0. The number of nitrogens with two attached hydrogens (primary N) is 1. The van der Waals surface area contributed by atoms with Crippen LogP contribution in [0.3, 0.4) is 0 Å². The molecule has 0 aliphatic heterocycles. The van der Waals surface area contributed by atoms with Gasteiger partial charge in [0.05, 0.1) is 18.7 Å². The number of aliphatic hydroxyl groups is 1. The number of hydrogen-bond acceptors (Lipinski definition) is 6. The number of ketones is 2. The molecule has 6 unspecified atom stereocenters. The first kappa shape index (κ1) is 34.8. The Morgan fingerprint density at radius 2 is 1.78 bits per heavy atom. The number of alkyl halides is 2.